The number of unbranched alkanes of at least 4 members (excludes halogenated alkanes) is 4. The Labute approximate surface area is 280 Å². The number of hydrogen-bond acceptors (Lipinski definition) is 8. The van der Waals surface area contributed by atoms with Gasteiger partial charge in [0, 0.05) is 43.8 Å². The fourth-order valence-electron chi connectivity index (χ4n) is 5.11. The first-order chi connectivity index (χ1) is 22.0. The van der Waals surface area contributed by atoms with Gasteiger partial charge in [-0.25, -0.2) is 14.7 Å². The normalized spacial score (nSPS) is 16.3. The van der Waals surface area contributed by atoms with Gasteiger partial charge >= 0.3 is 6.09 Å². The van der Waals surface area contributed by atoms with Gasteiger partial charge in [0.2, 0.25) is 0 Å². The van der Waals surface area contributed by atoms with E-state index in [4.69, 9.17) is 33.3 Å². The zero-order chi connectivity index (χ0) is 33.4. The fraction of sp³-hybridized carbons (Fsp3) is 0.343. The van der Waals surface area contributed by atoms with Crippen molar-refractivity contribution in [2.45, 2.75) is 52.9 Å². The van der Waals surface area contributed by atoms with Crippen LogP contribution in [-0.4, -0.2) is 65.1 Å². The summed E-state index contributed by atoms with van der Waals surface area (Å²) in [5.41, 5.74) is 4.54. The van der Waals surface area contributed by atoms with Gasteiger partial charge in [-0.05, 0) is 80.0 Å². The van der Waals surface area contributed by atoms with E-state index < -0.39 is 12.0 Å². The Kier molecular flexibility index (Phi) is 11.9. The Morgan fingerprint density at radius 1 is 0.891 bits per heavy atom. The molecular formula is C35H39ClN4O5S. The summed E-state index contributed by atoms with van der Waals surface area (Å²) in [4.78, 5) is 45.5. The van der Waals surface area contributed by atoms with Crippen LogP contribution in [0.2, 0.25) is 5.15 Å². The summed E-state index contributed by atoms with van der Waals surface area (Å²) in [5, 5.41) is 1.39. The smallest absolute Gasteiger partial charge is 0.422 e. The molecule has 0 unspecified atom stereocenters. The Balaban J connectivity index is 0.000000216. The second kappa shape index (κ2) is 15.8. The first-order valence-electron chi connectivity index (χ1n) is 15.4. The van der Waals surface area contributed by atoms with Gasteiger partial charge in [0.05, 0.1) is 5.52 Å². The van der Waals surface area contributed by atoms with Crippen molar-refractivity contribution in [3.8, 4) is 0 Å². The monoisotopic (exact) mass is 662 g/mol. The minimum absolute atomic E-state index is 0.0115. The number of carbonyl (C=O) groups excluding carboxylic acids is 3. The highest BCUT2D eigenvalue weighted by Gasteiger charge is 2.36. The quantitative estimate of drug-likeness (QED) is 0.0942. The maximum Gasteiger partial charge on any atom is 0.422 e. The second-order valence-corrected chi connectivity index (χ2v) is 11.9. The lowest BCUT2D eigenvalue weighted by atomic mass is 10.1. The summed E-state index contributed by atoms with van der Waals surface area (Å²) in [6.45, 7) is 6.95. The van der Waals surface area contributed by atoms with Crippen molar-refractivity contribution >= 4 is 75.6 Å². The number of halogens is 1. The van der Waals surface area contributed by atoms with Crippen molar-refractivity contribution < 1.29 is 23.9 Å². The number of pyridine rings is 1. The van der Waals surface area contributed by atoms with E-state index in [1.54, 1.807) is 6.08 Å². The number of rotatable bonds is 10. The summed E-state index contributed by atoms with van der Waals surface area (Å²) in [6, 6.07) is 15.4. The third-order valence-corrected chi connectivity index (χ3v) is 8.15. The molecule has 0 N–H and O–H groups in total. The number of ether oxygens (including phenoxy) is 2. The molecule has 3 amide bonds. The van der Waals surface area contributed by atoms with Crippen LogP contribution in [0.4, 0.5) is 10.5 Å². The van der Waals surface area contributed by atoms with Crippen molar-refractivity contribution in [2.24, 2.45) is 0 Å². The topological polar surface area (TPSA) is 92.3 Å². The van der Waals surface area contributed by atoms with Gasteiger partial charge in [-0.1, -0.05) is 68.5 Å². The van der Waals surface area contributed by atoms with Gasteiger partial charge in [0.1, 0.15) is 5.15 Å². The zero-order valence-corrected chi connectivity index (χ0v) is 28.4. The molecule has 0 aliphatic carbocycles. The van der Waals surface area contributed by atoms with Crippen molar-refractivity contribution in [1.82, 2.24) is 14.8 Å². The lowest BCUT2D eigenvalue weighted by Crippen LogP contribution is -2.29. The number of aromatic nitrogens is 1. The Bertz CT molecular complexity index is 1700. The lowest BCUT2D eigenvalue weighted by Gasteiger charge is -2.15. The maximum absolute atomic E-state index is 12.5. The summed E-state index contributed by atoms with van der Waals surface area (Å²) in [6.07, 6.45) is 7.79. The van der Waals surface area contributed by atoms with E-state index in [0.29, 0.717) is 18.7 Å². The van der Waals surface area contributed by atoms with Crippen LogP contribution in [0.15, 0.2) is 60.0 Å². The molecule has 242 valence electrons. The molecule has 2 saturated heterocycles. The number of carbonyl (C=O) groups is 3. The van der Waals surface area contributed by atoms with Crippen molar-refractivity contribution in [2.75, 3.05) is 32.1 Å². The Morgan fingerprint density at radius 3 is 2.26 bits per heavy atom. The van der Waals surface area contributed by atoms with E-state index in [0.717, 1.165) is 64.7 Å². The van der Waals surface area contributed by atoms with Gasteiger partial charge in [-0.15, -0.1) is 0 Å². The fourth-order valence-corrected chi connectivity index (χ4v) is 5.61. The van der Waals surface area contributed by atoms with Gasteiger partial charge < -0.3 is 14.4 Å². The van der Waals surface area contributed by atoms with Crippen LogP contribution in [0, 0.1) is 6.92 Å². The van der Waals surface area contributed by atoms with E-state index in [1.165, 1.54) is 11.0 Å². The molecule has 9 nitrogen and oxygen atoms in total. The predicted molar refractivity (Wildman–Crippen MR) is 186 cm³/mol. The summed E-state index contributed by atoms with van der Waals surface area (Å²) < 4.78 is 10.5. The molecule has 5 rings (SSSR count). The van der Waals surface area contributed by atoms with Crippen LogP contribution in [0.1, 0.15) is 62.6 Å². The summed E-state index contributed by atoms with van der Waals surface area (Å²) in [5.74, 6) is -0.321. The van der Waals surface area contributed by atoms with Crippen molar-refractivity contribution in [1.29, 1.82) is 0 Å². The number of benzene rings is 2. The van der Waals surface area contributed by atoms with Crippen molar-refractivity contribution in [3.63, 3.8) is 0 Å². The highest BCUT2D eigenvalue weighted by Crippen LogP contribution is 2.27. The molecule has 3 heterocycles. The highest BCUT2D eigenvalue weighted by molar-refractivity contribution is 7.80. The van der Waals surface area contributed by atoms with E-state index in [2.05, 4.69) is 16.8 Å². The molecule has 3 aromatic rings. The number of likely N-dealkylation sites (N-methyl/N-ethyl adjacent to an activating group) is 1. The number of imide groups is 1. The first-order valence-corrected chi connectivity index (χ1v) is 16.2. The Morgan fingerprint density at radius 2 is 1.59 bits per heavy atom. The van der Waals surface area contributed by atoms with Crippen LogP contribution >= 0.6 is 23.8 Å². The third-order valence-electron chi connectivity index (χ3n) is 7.54. The predicted octanol–water partition coefficient (Wildman–Crippen LogP) is 7.74. The summed E-state index contributed by atoms with van der Waals surface area (Å²) in [7, 11) is 4.00. The second-order valence-electron chi connectivity index (χ2n) is 11.2. The van der Waals surface area contributed by atoms with E-state index >= 15 is 0 Å². The zero-order valence-electron chi connectivity index (χ0n) is 26.8. The number of nitrogens with zero attached hydrogens (tertiary/aromatic N) is 4. The standard InChI is InChI=1S/C20H21ClN2O3.C15H18N2O2S/c1-2-3-4-5-8-11-23-19(24)17(26-20(23)25)13-15-12-14-9-6-7-10-16(14)22-18(15)21;1-5-17-14(18)13(19-15(17)20)9-11-6-7-12(16(3)4)10(2)8-11/h6-7,9-10,12-13H,2-5,8,11H2,1H3;6-9H,5H2,1-4H3/b17-13+;13-9+. The van der Waals surface area contributed by atoms with Crippen LogP contribution < -0.4 is 4.90 Å². The van der Waals surface area contributed by atoms with Gasteiger partial charge in [-0.3, -0.25) is 14.5 Å². The lowest BCUT2D eigenvalue weighted by molar-refractivity contribution is -0.123. The number of aryl methyl sites for hydroxylation is 1. The molecule has 2 aliphatic rings. The number of hydrogen-bond donors (Lipinski definition) is 0. The molecule has 2 fully saturated rings. The minimum atomic E-state index is -0.624. The number of cyclic esters (lactones) is 1. The molecule has 0 atom stereocenters. The average molecular weight is 663 g/mol. The van der Waals surface area contributed by atoms with E-state index in [9.17, 15) is 14.4 Å². The van der Waals surface area contributed by atoms with Crippen LogP contribution in [0.3, 0.4) is 0 Å². The third kappa shape index (κ3) is 8.30. The maximum atomic E-state index is 12.5. The molecule has 2 aliphatic heterocycles. The number of anilines is 1. The van der Waals surface area contributed by atoms with Crippen LogP contribution in [0.25, 0.3) is 23.1 Å². The first kappa shape index (κ1) is 34.6. The molecule has 2 aromatic carbocycles. The minimum Gasteiger partial charge on any atom is -0.426 e. The van der Waals surface area contributed by atoms with Crippen molar-refractivity contribution in [3.05, 3.63) is 81.9 Å². The average Bonchev–Trinajstić information content (AvgIpc) is 3.44. The number of thiocarbonyl (C=S) groups is 1. The van der Waals surface area contributed by atoms with E-state index in [-0.39, 0.29) is 27.8 Å². The largest absolute Gasteiger partial charge is 0.426 e. The highest BCUT2D eigenvalue weighted by atomic mass is 35.5. The number of amides is 3. The molecule has 0 radical (unpaired) electrons. The van der Waals surface area contributed by atoms with E-state index in [1.807, 2.05) is 76.5 Å². The van der Waals surface area contributed by atoms with Crippen LogP contribution in [-0.2, 0) is 19.1 Å². The molecule has 0 bridgehead atoms. The molecule has 0 saturated carbocycles. The molecule has 11 heteroatoms. The van der Waals surface area contributed by atoms with Crippen LogP contribution in [0.5, 0.6) is 0 Å². The molecular weight excluding hydrogens is 624 g/mol. The number of fused-ring (bicyclic) bond motifs is 1. The molecule has 46 heavy (non-hydrogen) atoms. The SMILES string of the molecule is CCCCCCCN1C(=O)O/C(=C/c2cc3ccccc3nc2Cl)C1=O.CCN1C(=O)/C(=C\c2ccc(N(C)C)c(C)c2)OC1=S. The molecule has 0 spiro atoms. The molecule has 1 aromatic heterocycles. The van der Waals surface area contributed by atoms with Gasteiger partial charge in [0.25, 0.3) is 17.0 Å². The Hall–Kier alpha value is -4.28. The van der Waals surface area contributed by atoms with Gasteiger partial charge in [0.15, 0.2) is 11.5 Å². The van der Waals surface area contributed by atoms with Gasteiger partial charge in [-0.2, -0.15) is 0 Å². The number of para-hydroxylation sites is 1. The summed E-state index contributed by atoms with van der Waals surface area (Å²) >= 11 is 11.2.